The Labute approximate surface area is 107 Å². The molecule has 0 bridgehead atoms. The Morgan fingerprint density at radius 3 is 2.56 bits per heavy atom. The van der Waals surface area contributed by atoms with E-state index in [2.05, 4.69) is 10.1 Å². The van der Waals surface area contributed by atoms with Gasteiger partial charge in [-0.25, -0.2) is 0 Å². The highest BCUT2D eigenvalue weighted by Crippen LogP contribution is 2.33. The van der Waals surface area contributed by atoms with E-state index in [1.165, 1.54) is 19.3 Å². The normalized spacial score (nSPS) is 26.4. The minimum Gasteiger partial charge on any atom is -0.339 e. The first-order valence-electron chi connectivity index (χ1n) is 7.21. The van der Waals surface area contributed by atoms with Gasteiger partial charge in [-0.1, -0.05) is 30.8 Å². The fourth-order valence-electron chi connectivity index (χ4n) is 3.16. The van der Waals surface area contributed by atoms with Gasteiger partial charge in [0.2, 0.25) is 5.89 Å². The van der Waals surface area contributed by atoms with Crippen molar-refractivity contribution >= 4 is 5.78 Å². The van der Waals surface area contributed by atoms with Crippen molar-refractivity contribution < 1.29 is 9.32 Å². The molecule has 0 N–H and O–H groups in total. The molecule has 0 radical (unpaired) electrons. The van der Waals surface area contributed by atoms with E-state index < -0.39 is 0 Å². The summed E-state index contributed by atoms with van der Waals surface area (Å²) in [6, 6.07) is 0. The molecular formula is C14H20N2O2. The summed E-state index contributed by atoms with van der Waals surface area (Å²) in [5.74, 6) is 2.02. The number of carbonyl (C=O) groups is 1. The summed E-state index contributed by atoms with van der Waals surface area (Å²) >= 11 is 0. The van der Waals surface area contributed by atoms with Gasteiger partial charge in [0, 0.05) is 12.3 Å². The quantitative estimate of drug-likeness (QED) is 0.805. The molecule has 1 atom stereocenters. The van der Waals surface area contributed by atoms with E-state index in [-0.39, 0.29) is 11.7 Å². The number of hydrogen-bond donors (Lipinski definition) is 0. The summed E-state index contributed by atoms with van der Waals surface area (Å²) in [7, 11) is 0. The predicted molar refractivity (Wildman–Crippen MR) is 66.3 cm³/mol. The number of nitrogens with zero attached hydrogens (tertiary/aromatic N) is 2. The Morgan fingerprint density at radius 2 is 1.78 bits per heavy atom. The maximum atomic E-state index is 11.9. The Morgan fingerprint density at radius 1 is 1.00 bits per heavy atom. The zero-order valence-electron chi connectivity index (χ0n) is 10.7. The molecule has 1 unspecified atom stereocenters. The largest absolute Gasteiger partial charge is 0.339 e. The van der Waals surface area contributed by atoms with Gasteiger partial charge >= 0.3 is 0 Å². The van der Waals surface area contributed by atoms with Crippen molar-refractivity contribution in [3.05, 3.63) is 11.7 Å². The first kappa shape index (κ1) is 11.9. The van der Waals surface area contributed by atoms with Gasteiger partial charge < -0.3 is 4.52 Å². The van der Waals surface area contributed by atoms with Crippen molar-refractivity contribution in [3.63, 3.8) is 0 Å². The molecule has 0 saturated heterocycles. The molecule has 98 valence electrons. The molecule has 4 nitrogen and oxygen atoms in total. The topological polar surface area (TPSA) is 56.0 Å². The van der Waals surface area contributed by atoms with E-state index >= 15 is 0 Å². The van der Waals surface area contributed by atoms with Gasteiger partial charge in [-0.2, -0.15) is 4.98 Å². The lowest BCUT2D eigenvalue weighted by Gasteiger charge is -2.18. The third-order valence-electron chi connectivity index (χ3n) is 4.28. The van der Waals surface area contributed by atoms with Gasteiger partial charge in [0.15, 0.2) is 5.82 Å². The maximum absolute atomic E-state index is 11.9. The SMILES string of the molecule is O=C1CCCCC1c1nc(C2CCCCC2)no1. The highest BCUT2D eigenvalue weighted by atomic mass is 16.5. The maximum Gasteiger partial charge on any atom is 0.237 e. The average Bonchev–Trinajstić information content (AvgIpc) is 2.90. The predicted octanol–water partition coefficient (Wildman–Crippen LogP) is 3.34. The van der Waals surface area contributed by atoms with Crippen molar-refractivity contribution in [2.45, 2.75) is 69.6 Å². The number of hydrogen-bond acceptors (Lipinski definition) is 4. The smallest absolute Gasteiger partial charge is 0.237 e. The number of aromatic nitrogens is 2. The molecule has 3 rings (SSSR count). The summed E-state index contributed by atoms with van der Waals surface area (Å²) in [6.45, 7) is 0. The number of carbonyl (C=O) groups excluding carboxylic acids is 1. The van der Waals surface area contributed by atoms with Crippen LogP contribution in [0.5, 0.6) is 0 Å². The lowest BCUT2D eigenvalue weighted by atomic mass is 9.87. The van der Waals surface area contributed by atoms with Crippen molar-refractivity contribution in [1.29, 1.82) is 0 Å². The summed E-state index contributed by atoms with van der Waals surface area (Å²) in [5, 5.41) is 4.11. The second kappa shape index (κ2) is 5.21. The molecule has 1 aromatic rings. The van der Waals surface area contributed by atoms with E-state index in [4.69, 9.17) is 4.52 Å². The van der Waals surface area contributed by atoms with Crippen molar-refractivity contribution in [2.24, 2.45) is 0 Å². The molecule has 0 spiro atoms. The highest BCUT2D eigenvalue weighted by molar-refractivity contribution is 5.85. The number of ketones is 1. The minimum absolute atomic E-state index is 0.122. The monoisotopic (exact) mass is 248 g/mol. The van der Waals surface area contributed by atoms with Crippen LogP contribution in [-0.2, 0) is 4.79 Å². The molecule has 18 heavy (non-hydrogen) atoms. The Bertz CT molecular complexity index is 421. The summed E-state index contributed by atoms with van der Waals surface area (Å²) < 4.78 is 5.35. The van der Waals surface area contributed by atoms with Crippen molar-refractivity contribution in [1.82, 2.24) is 10.1 Å². The fourth-order valence-corrected chi connectivity index (χ4v) is 3.16. The highest BCUT2D eigenvalue weighted by Gasteiger charge is 2.30. The van der Waals surface area contributed by atoms with Crippen molar-refractivity contribution in [2.75, 3.05) is 0 Å². The molecule has 2 aliphatic rings. The first-order valence-corrected chi connectivity index (χ1v) is 7.21. The van der Waals surface area contributed by atoms with Crippen LogP contribution in [-0.4, -0.2) is 15.9 Å². The van der Waals surface area contributed by atoms with Gasteiger partial charge in [-0.15, -0.1) is 0 Å². The molecule has 0 aliphatic heterocycles. The van der Waals surface area contributed by atoms with Crippen LogP contribution in [0.4, 0.5) is 0 Å². The minimum atomic E-state index is -0.122. The Balaban J connectivity index is 1.73. The van der Waals surface area contributed by atoms with Crippen LogP contribution in [0.3, 0.4) is 0 Å². The fraction of sp³-hybridized carbons (Fsp3) is 0.786. The van der Waals surface area contributed by atoms with Crippen LogP contribution in [0, 0.1) is 0 Å². The van der Waals surface area contributed by atoms with Gasteiger partial charge in [-0.05, 0) is 25.7 Å². The van der Waals surface area contributed by atoms with Gasteiger partial charge in [0.25, 0.3) is 0 Å². The molecule has 0 aromatic carbocycles. The van der Waals surface area contributed by atoms with E-state index in [1.807, 2.05) is 0 Å². The third kappa shape index (κ3) is 2.33. The lowest BCUT2D eigenvalue weighted by molar-refractivity contribution is -0.122. The van der Waals surface area contributed by atoms with Crippen LogP contribution in [0.25, 0.3) is 0 Å². The summed E-state index contributed by atoms with van der Waals surface area (Å²) in [5.41, 5.74) is 0. The molecule has 4 heteroatoms. The molecule has 2 saturated carbocycles. The van der Waals surface area contributed by atoms with Crippen LogP contribution in [0.2, 0.25) is 0 Å². The first-order chi connectivity index (χ1) is 8.84. The van der Waals surface area contributed by atoms with E-state index in [1.54, 1.807) is 0 Å². The number of Topliss-reactive ketones (excluding diaryl/α,β-unsaturated/α-hetero) is 1. The molecule has 2 fully saturated rings. The molecule has 0 amide bonds. The van der Waals surface area contributed by atoms with E-state index in [9.17, 15) is 4.79 Å². The van der Waals surface area contributed by atoms with Crippen LogP contribution < -0.4 is 0 Å². The lowest BCUT2D eigenvalue weighted by Crippen LogP contribution is -2.17. The van der Waals surface area contributed by atoms with Crippen LogP contribution in [0.1, 0.15) is 81.3 Å². The summed E-state index contributed by atoms with van der Waals surface area (Å²) in [6.07, 6.45) is 9.83. The zero-order valence-corrected chi connectivity index (χ0v) is 10.7. The standard InChI is InChI=1S/C14H20N2O2/c17-12-9-5-4-8-11(12)14-15-13(16-18-14)10-6-2-1-3-7-10/h10-11H,1-9H2. The summed E-state index contributed by atoms with van der Waals surface area (Å²) in [4.78, 5) is 16.4. The van der Waals surface area contributed by atoms with Crippen LogP contribution in [0.15, 0.2) is 4.52 Å². The second-order valence-electron chi connectivity index (χ2n) is 5.59. The van der Waals surface area contributed by atoms with Gasteiger partial charge in [0.1, 0.15) is 5.78 Å². The zero-order chi connectivity index (χ0) is 12.4. The number of rotatable bonds is 2. The molecule has 1 heterocycles. The van der Waals surface area contributed by atoms with Gasteiger partial charge in [-0.3, -0.25) is 4.79 Å². The molecule has 1 aromatic heterocycles. The molecular weight excluding hydrogens is 228 g/mol. The Kier molecular flexibility index (Phi) is 3.43. The molecule has 2 aliphatic carbocycles. The van der Waals surface area contributed by atoms with E-state index in [0.29, 0.717) is 18.2 Å². The van der Waals surface area contributed by atoms with Gasteiger partial charge in [0.05, 0.1) is 5.92 Å². The Hall–Kier alpha value is -1.19. The van der Waals surface area contributed by atoms with Crippen LogP contribution >= 0.6 is 0 Å². The third-order valence-corrected chi connectivity index (χ3v) is 4.28. The van der Waals surface area contributed by atoms with Crippen molar-refractivity contribution in [3.8, 4) is 0 Å². The average molecular weight is 248 g/mol. The van der Waals surface area contributed by atoms with E-state index in [0.717, 1.165) is 37.9 Å². The second-order valence-corrected chi connectivity index (χ2v) is 5.59.